The third-order valence-electron chi connectivity index (χ3n) is 3.72. The molecule has 0 atom stereocenters. The Hall–Kier alpha value is -2.56. The van der Waals surface area contributed by atoms with Gasteiger partial charge in [0.1, 0.15) is 5.82 Å². The maximum atomic E-state index is 12.5. The Balaban J connectivity index is 2.20. The van der Waals surface area contributed by atoms with E-state index >= 15 is 0 Å². The molecular formula is C18H20N4O. The molecule has 3 rings (SSSR count). The van der Waals surface area contributed by atoms with Gasteiger partial charge in [0.25, 0.3) is 5.56 Å². The summed E-state index contributed by atoms with van der Waals surface area (Å²) in [4.78, 5) is 27.9. The van der Waals surface area contributed by atoms with E-state index in [2.05, 4.69) is 33.7 Å². The summed E-state index contributed by atoms with van der Waals surface area (Å²) in [5.41, 5.74) is 2.08. The van der Waals surface area contributed by atoms with Crippen LogP contribution in [0.3, 0.4) is 0 Å². The average Bonchev–Trinajstić information content (AvgIpc) is 2.72. The monoisotopic (exact) mass is 308 g/mol. The van der Waals surface area contributed by atoms with Gasteiger partial charge in [-0.15, -0.1) is 0 Å². The zero-order chi connectivity index (χ0) is 16.2. The van der Waals surface area contributed by atoms with Crippen molar-refractivity contribution in [1.82, 2.24) is 15.0 Å². The van der Waals surface area contributed by atoms with E-state index in [1.807, 2.05) is 36.4 Å². The van der Waals surface area contributed by atoms with E-state index in [0.717, 1.165) is 31.4 Å². The minimum absolute atomic E-state index is 0.322. The molecule has 2 aromatic heterocycles. The van der Waals surface area contributed by atoms with Crippen molar-refractivity contribution in [2.45, 2.75) is 26.7 Å². The number of para-hydroxylation sites is 2. The predicted molar refractivity (Wildman–Crippen MR) is 93.9 cm³/mol. The first-order chi connectivity index (χ1) is 11.2. The van der Waals surface area contributed by atoms with E-state index in [9.17, 15) is 4.79 Å². The predicted octanol–water partition coefficient (Wildman–Crippen LogP) is 3.16. The second kappa shape index (κ2) is 6.69. The Morgan fingerprint density at radius 3 is 2.13 bits per heavy atom. The molecule has 0 bridgehead atoms. The van der Waals surface area contributed by atoms with Crippen LogP contribution in [-0.2, 0) is 0 Å². The lowest BCUT2D eigenvalue weighted by atomic mass is 10.3. The minimum atomic E-state index is -0.324. The van der Waals surface area contributed by atoms with Crippen molar-refractivity contribution in [3.63, 3.8) is 0 Å². The lowest BCUT2D eigenvalue weighted by molar-refractivity contribution is 0.734. The van der Waals surface area contributed by atoms with Gasteiger partial charge in [-0.05, 0) is 37.1 Å². The quantitative estimate of drug-likeness (QED) is 0.724. The van der Waals surface area contributed by atoms with E-state index in [1.54, 1.807) is 0 Å². The number of anilines is 1. The van der Waals surface area contributed by atoms with Crippen molar-refractivity contribution in [1.29, 1.82) is 0 Å². The van der Waals surface area contributed by atoms with E-state index < -0.39 is 0 Å². The van der Waals surface area contributed by atoms with Gasteiger partial charge in [0, 0.05) is 13.1 Å². The largest absolute Gasteiger partial charge is 0.357 e. The number of hydrogen-bond acceptors (Lipinski definition) is 5. The van der Waals surface area contributed by atoms with E-state index in [-0.39, 0.29) is 5.56 Å². The van der Waals surface area contributed by atoms with Gasteiger partial charge in [0.15, 0.2) is 5.52 Å². The highest BCUT2D eigenvalue weighted by molar-refractivity contribution is 5.85. The molecule has 0 radical (unpaired) electrons. The summed E-state index contributed by atoms with van der Waals surface area (Å²) in [6.45, 7) is 6.00. The topological polar surface area (TPSA) is 59.0 Å². The summed E-state index contributed by atoms with van der Waals surface area (Å²) < 4.78 is 0. The van der Waals surface area contributed by atoms with Crippen LogP contribution in [0, 0.1) is 0 Å². The first-order valence-electron chi connectivity index (χ1n) is 8.05. The van der Waals surface area contributed by atoms with Gasteiger partial charge in [-0.2, -0.15) is 4.98 Å². The molecule has 5 nitrogen and oxygen atoms in total. The molecule has 0 saturated heterocycles. The molecule has 5 heteroatoms. The molecule has 0 fully saturated rings. The van der Waals surface area contributed by atoms with Crippen LogP contribution < -0.4 is 10.5 Å². The molecule has 0 amide bonds. The molecule has 0 aliphatic rings. The zero-order valence-electron chi connectivity index (χ0n) is 13.5. The summed E-state index contributed by atoms with van der Waals surface area (Å²) in [5.74, 6) is 0.697. The molecule has 0 N–H and O–H groups in total. The average molecular weight is 308 g/mol. The van der Waals surface area contributed by atoms with Gasteiger partial charge in [-0.25, -0.2) is 9.97 Å². The van der Waals surface area contributed by atoms with Crippen molar-refractivity contribution in [2.75, 3.05) is 18.0 Å². The third-order valence-corrected chi connectivity index (χ3v) is 3.72. The summed E-state index contributed by atoms with van der Waals surface area (Å²) >= 11 is 0. The fourth-order valence-electron chi connectivity index (χ4n) is 2.69. The smallest absolute Gasteiger partial charge is 0.299 e. The SMILES string of the molecule is CCCN(CCC)c1ccc2nc3ccccc3nc2c(=O)n1. The van der Waals surface area contributed by atoms with E-state index in [1.165, 1.54) is 0 Å². The maximum Gasteiger partial charge on any atom is 0.299 e. The Morgan fingerprint density at radius 1 is 0.826 bits per heavy atom. The number of nitrogens with zero attached hydrogens (tertiary/aromatic N) is 4. The lowest BCUT2D eigenvalue weighted by Crippen LogP contribution is -2.26. The molecule has 0 aliphatic heterocycles. The fourth-order valence-corrected chi connectivity index (χ4v) is 2.69. The molecule has 0 spiro atoms. The van der Waals surface area contributed by atoms with Gasteiger partial charge in [0.05, 0.1) is 16.6 Å². The Kier molecular flexibility index (Phi) is 4.46. The van der Waals surface area contributed by atoms with Crippen LogP contribution in [0.2, 0.25) is 0 Å². The van der Waals surface area contributed by atoms with Crippen LogP contribution in [0.4, 0.5) is 5.82 Å². The molecule has 0 saturated carbocycles. The Labute approximate surface area is 135 Å². The highest BCUT2D eigenvalue weighted by Gasteiger charge is 2.09. The molecule has 3 aromatic rings. The molecule has 0 unspecified atom stereocenters. The van der Waals surface area contributed by atoms with Crippen LogP contribution >= 0.6 is 0 Å². The summed E-state index contributed by atoms with van der Waals surface area (Å²) in [6.07, 6.45) is 2.02. The maximum absolute atomic E-state index is 12.5. The van der Waals surface area contributed by atoms with Crippen molar-refractivity contribution < 1.29 is 0 Å². The lowest BCUT2D eigenvalue weighted by Gasteiger charge is -2.21. The van der Waals surface area contributed by atoms with Crippen molar-refractivity contribution in [2.24, 2.45) is 0 Å². The normalized spacial score (nSPS) is 11.0. The molecule has 2 heterocycles. The number of rotatable bonds is 5. The van der Waals surface area contributed by atoms with Crippen LogP contribution in [0.5, 0.6) is 0 Å². The number of hydrogen-bond donors (Lipinski definition) is 0. The summed E-state index contributed by atoms with van der Waals surface area (Å²) in [7, 11) is 0. The van der Waals surface area contributed by atoms with Crippen molar-refractivity contribution in [3.8, 4) is 0 Å². The van der Waals surface area contributed by atoms with Crippen molar-refractivity contribution in [3.05, 3.63) is 46.8 Å². The van der Waals surface area contributed by atoms with Crippen molar-refractivity contribution >= 4 is 27.9 Å². The van der Waals surface area contributed by atoms with Gasteiger partial charge < -0.3 is 4.90 Å². The highest BCUT2D eigenvalue weighted by Crippen LogP contribution is 2.15. The highest BCUT2D eigenvalue weighted by atomic mass is 16.1. The number of fused-ring (bicyclic) bond motifs is 2. The number of benzene rings is 1. The zero-order valence-corrected chi connectivity index (χ0v) is 13.5. The van der Waals surface area contributed by atoms with E-state index in [4.69, 9.17) is 0 Å². The molecule has 23 heavy (non-hydrogen) atoms. The van der Waals surface area contributed by atoms with Crippen LogP contribution in [0.1, 0.15) is 26.7 Å². The molecule has 0 aliphatic carbocycles. The third kappa shape index (κ3) is 3.13. The second-order valence-corrected chi connectivity index (χ2v) is 5.54. The van der Waals surface area contributed by atoms with E-state index in [0.29, 0.717) is 22.4 Å². The van der Waals surface area contributed by atoms with Crippen LogP contribution in [0.15, 0.2) is 41.2 Å². The second-order valence-electron chi connectivity index (χ2n) is 5.54. The number of aromatic nitrogens is 3. The molecule has 118 valence electrons. The van der Waals surface area contributed by atoms with Gasteiger partial charge in [0.2, 0.25) is 0 Å². The minimum Gasteiger partial charge on any atom is -0.357 e. The Morgan fingerprint density at radius 2 is 1.48 bits per heavy atom. The van der Waals surface area contributed by atoms with Gasteiger partial charge in [-0.1, -0.05) is 26.0 Å². The summed E-state index contributed by atoms with van der Waals surface area (Å²) in [6, 6.07) is 11.3. The first kappa shape index (κ1) is 15.3. The summed E-state index contributed by atoms with van der Waals surface area (Å²) in [5, 5.41) is 0. The molecular weight excluding hydrogens is 288 g/mol. The first-order valence-corrected chi connectivity index (χ1v) is 8.05. The van der Waals surface area contributed by atoms with Gasteiger partial charge in [-0.3, -0.25) is 4.79 Å². The standard InChI is InChI=1S/C18H20N4O/c1-3-11-22(12-4-2)16-10-9-15-17(18(23)21-16)20-14-8-6-5-7-13(14)19-15/h5-10H,3-4,11-12H2,1-2H3. The van der Waals surface area contributed by atoms with Gasteiger partial charge >= 0.3 is 0 Å². The molecule has 1 aromatic carbocycles. The van der Waals surface area contributed by atoms with Crippen LogP contribution in [-0.4, -0.2) is 28.0 Å². The van der Waals surface area contributed by atoms with Crippen LogP contribution in [0.25, 0.3) is 22.1 Å². The Bertz CT molecular complexity index is 888. The fraction of sp³-hybridized carbons (Fsp3) is 0.333.